The minimum Gasteiger partial charge on any atom is -0.310 e. The third kappa shape index (κ3) is 3.04. The Bertz CT molecular complexity index is 429. The standard InChI is InChI=1S/C13H17FN2O2/c14-10-6-7-11(13(9-10)16(17)18)12-5-3-1-2-4-8-15-12/h6-7,9,12,15H,1-5,8H2. The Morgan fingerprint density at radius 3 is 2.83 bits per heavy atom. The molecule has 2 rings (SSSR count). The summed E-state index contributed by atoms with van der Waals surface area (Å²) in [5, 5.41) is 14.3. The highest BCUT2D eigenvalue weighted by molar-refractivity contribution is 5.42. The number of nitro benzene ring substituents is 1. The third-order valence-corrected chi connectivity index (χ3v) is 3.37. The lowest BCUT2D eigenvalue weighted by molar-refractivity contribution is -0.386. The van der Waals surface area contributed by atoms with Crippen molar-refractivity contribution < 1.29 is 9.31 Å². The monoisotopic (exact) mass is 252 g/mol. The van der Waals surface area contributed by atoms with E-state index in [0.717, 1.165) is 38.3 Å². The molecule has 0 bridgehead atoms. The zero-order valence-electron chi connectivity index (χ0n) is 10.2. The number of rotatable bonds is 2. The van der Waals surface area contributed by atoms with Crippen LogP contribution in [0.25, 0.3) is 0 Å². The van der Waals surface area contributed by atoms with Crippen LogP contribution in [0.2, 0.25) is 0 Å². The van der Waals surface area contributed by atoms with Crippen molar-refractivity contribution in [2.24, 2.45) is 0 Å². The molecule has 1 fully saturated rings. The van der Waals surface area contributed by atoms with E-state index in [1.54, 1.807) is 0 Å². The van der Waals surface area contributed by atoms with Crippen molar-refractivity contribution in [2.45, 2.75) is 38.1 Å². The lowest BCUT2D eigenvalue weighted by Crippen LogP contribution is -2.24. The van der Waals surface area contributed by atoms with E-state index >= 15 is 0 Å². The van der Waals surface area contributed by atoms with Crippen LogP contribution >= 0.6 is 0 Å². The van der Waals surface area contributed by atoms with E-state index in [0.29, 0.717) is 5.56 Å². The fourth-order valence-electron chi connectivity index (χ4n) is 2.44. The van der Waals surface area contributed by atoms with Gasteiger partial charge in [0.25, 0.3) is 5.69 Å². The molecule has 0 aliphatic carbocycles. The van der Waals surface area contributed by atoms with E-state index in [2.05, 4.69) is 5.32 Å². The van der Waals surface area contributed by atoms with Gasteiger partial charge in [-0.15, -0.1) is 0 Å². The van der Waals surface area contributed by atoms with Crippen molar-refractivity contribution in [2.75, 3.05) is 6.54 Å². The Kier molecular flexibility index (Phi) is 4.25. The number of halogens is 1. The van der Waals surface area contributed by atoms with Crippen LogP contribution in [0.1, 0.15) is 43.7 Å². The summed E-state index contributed by atoms with van der Waals surface area (Å²) in [7, 11) is 0. The Labute approximate surface area is 105 Å². The number of nitro groups is 1. The molecular weight excluding hydrogens is 235 g/mol. The molecular formula is C13H17FN2O2. The first-order valence-electron chi connectivity index (χ1n) is 6.35. The predicted octanol–water partition coefficient (Wildman–Crippen LogP) is 3.33. The number of hydrogen-bond donors (Lipinski definition) is 1. The summed E-state index contributed by atoms with van der Waals surface area (Å²) in [5.74, 6) is -0.559. The van der Waals surface area contributed by atoms with Crippen LogP contribution in [-0.4, -0.2) is 11.5 Å². The van der Waals surface area contributed by atoms with Gasteiger partial charge in [0.05, 0.1) is 11.0 Å². The summed E-state index contributed by atoms with van der Waals surface area (Å²) in [5.41, 5.74) is 0.483. The minimum absolute atomic E-state index is 0.0358. The van der Waals surface area contributed by atoms with Gasteiger partial charge in [0.15, 0.2) is 0 Å². The van der Waals surface area contributed by atoms with Gasteiger partial charge >= 0.3 is 0 Å². The molecule has 1 aliphatic rings. The van der Waals surface area contributed by atoms with Crippen LogP contribution in [0.4, 0.5) is 10.1 Å². The molecule has 98 valence electrons. The largest absolute Gasteiger partial charge is 0.310 e. The zero-order valence-corrected chi connectivity index (χ0v) is 10.2. The van der Waals surface area contributed by atoms with Gasteiger partial charge in [0, 0.05) is 11.6 Å². The van der Waals surface area contributed by atoms with Crippen LogP contribution in [0.5, 0.6) is 0 Å². The average Bonchev–Trinajstić information content (AvgIpc) is 2.29. The van der Waals surface area contributed by atoms with Crippen LogP contribution in [0.3, 0.4) is 0 Å². The topological polar surface area (TPSA) is 55.2 Å². The van der Waals surface area contributed by atoms with E-state index in [9.17, 15) is 14.5 Å². The summed E-state index contributed by atoms with van der Waals surface area (Å²) < 4.78 is 13.1. The molecule has 1 heterocycles. The Morgan fingerprint density at radius 1 is 1.28 bits per heavy atom. The maximum atomic E-state index is 13.1. The third-order valence-electron chi connectivity index (χ3n) is 3.37. The fraction of sp³-hybridized carbons (Fsp3) is 0.538. The first-order valence-corrected chi connectivity index (χ1v) is 6.35. The molecule has 1 N–H and O–H groups in total. The fourth-order valence-corrected chi connectivity index (χ4v) is 2.44. The van der Waals surface area contributed by atoms with Crippen LogP contribution in [0, 0.1) is 15.9 Å². The van der Waals surface area contributed by atoms with E-state index < -0.39 is 10.7 Å². The Morgan fingerprint density at radius 2 is 2.06 bits per heavy atom. The van der Waals surface area contributed by atoms with Gasteiger partial charge in [-0.05, 0) is 31.5 Å². The maximum Gasteiger partial charge on any atom is 0.277 e. The van der Waals surface area contributed by atoms with E-state index in [1.807, 2.05) is 0 Å². The molecule has 0 radical (unpaired) electrons. The normalized spacial score (nSPS) is 21.1. The molecule has 5 heteroatoms. The van der Waals surface area contributed by atoms with Crippen molar-refractivity contribution in [3.8, 4) is 0 Å². The summed E-state index contributed by atoms with van der Waals surface area (Å²) >= 11 is 0. The molecule has 1 saturated heterocycles. The van der Waals surface area contributed by atoms with Gasteiger partial charge in [-0.3, -0.25) is 10.1 Å². The van der Waals surface area contributed by atoms with Crippen LogP contribution < -0.4 is 5.32 Å². The highest BCUT2D eigenvalue weighted by atomic mass is 19.1. The molecule has 1 atom stereocenters. The second-order valence-electron chi connectivity index (χ2n) is 4.67. The SMILES string of the molecule is O=[N+]([O-])c1cc(F)ccc1C1CCCCCCN1. The van der Waals surface area contributed by atoms with Gasteiger partial charge in [0.2, 0.25) is 0 Å². The van der Waals surface area contributed by atoms with E-state index in [4.69, 9.17) is 0 Å². The molecule has 1 aromatic carbocycles. The number of nitrogens with one attached hydrogen (secondary N) is 1. The maximum absolute atomic E-state index is 13.1. The first-order chi connectivity index (χ1) is 8.68. The van der Waals surface area contributed by atoms with Crippen molar-refractivity contribution in [1.29, 1.82) is 0 Å². The Hall–Kier alpha value is -1.49. The van der Waals surface area contributed by atoms with E-state index in [-0.39, 0.29) is 11.7 Å². The Balaban J connectivity index is 2.27. The lowest BCUT2D eigenvalue weighted by Gasteiger charge is -2.21. The predicted molar refractivity (Wildman–Crippen MR) is 66.9 cm³/mol. The average molecular weight is 252 g/mol. The van der Waals surface area contributed by atoms with Crippen molar-refractivity contribution in [1.82, 2.24) is 5.32 Å². The highest BCUT2D eigenvalue weighted by Gasteiger charge is 2.22. The molecule has 1 aromatic rings. The van der Waals surface area contributed by atoms with Gasteiger partial charge < -0.3 is 5.32 Å². The molecule has 1 unspecified atom stereocenters. The molecule has 0 aromatic heterocycles. The zero-order chi connectivity index (χ0) is 13.0. The molecule has 0 saturated carbocycles. The molecule has 4 nitrogen and oxygen atoms in total. The van der Waals surface area contributed by atoms with Gasteiger partial charge in [-0.25, -0.2) is 4.39 Å². The van der Waals surface area contributed by atoms with Gasteiger partial charge in [-0.1, -0.05) is 19.3 Å². The smallest absolute Gasteiger partial charge is 0.277 e. The lowest BCUT2D eigenvalue weighted by atomic mass is 9.96. The second kappa shape index (κ2) is 5.91. The first kappa shape index (κ1) is 13.0. The summed E-state index contributed by atoms with van der Waals surface area (Å²) in [6.07, 6.45) is 5.36. The number of nitrogens with zero attached hydrogens (tertiary/aromatic N) is 1. The van der Waals surface area contributed by atoms with Crippen molar-refractivity contribution in [3.05, 3.63) is 39.7 Å². The van der Waals surface area contributed by atoms with Crippen LogP contribution in [-0.2, 0) is 0 Å². The minimum atomic E-state index is -0.559. The summed E-state index contributed by atoms with van der Waals surface area (Å²) in [6.45, 7) is 0.860. The van der Waals surface area contributed by atoms with E-state index in [1.165, 1.54) is 18.6 Å². The second-order valence-corrected chi connectivity index (χ2v) is 4.67. The van der Waals surface area contributed by atoms with Gasteiger partial charge in [0.1, 0.15) is 5.82 Å². The van der Waals surface area contributed by atoms with Crippen molar-refractivity contribution in [3.63, 3.8) is 0 Å². The van der Waals surface area contributed by atoms with Crippen LogP contribution in [0.15, 0.2) is 18.2 Å². The number of hydrogen-bond acceptors (Lipinski definition) is 3. The summed E-state index contributed by atoms with van der Waals surface area (Å²) in [4.78, 5) is 10.5. The van der Waals surface area contributed by atoms with Gasteiger partial charge in [-0.2, -0.15) is 0 Å². The molecule has 0 amide bonds. The molecule has 18 heavy (non-hydrogen) atoms. The van der Waals surface area contributed by atoms with Crippen molar-refractivity contribution >= 4 is 5.69 Å². The number of benzene rings is 1. The quantitative estimate of drug-likeness (QED) is 0.648. The molecule has 0 spiro atoms. The molecule has 1 aliphatic heterocycles. The summed E-state index contributed by atoms with van der Waals surface area (Å²) in [6, 6.07) is 3.80. The highest BCUT2D eigenvalue weighted by Crippen LogP contribution is 2.30.